The van der Waals surface area contributed by atoms with E-state index in [1.165, 1.54) is 15.8 Å². The Bertz CT molecular complexity index is 933. The molecule has 0 bridgehead atoms. The molecule has 0 unspecified atom stereocenters. The van der Waals surface area contributed by atoms with Crippen LogP contribution < -0.4 is 15.4 Å². The van der Waals surface area contributed by atoms with E-state index in [0.29, 0.717) is 24.8 Å². The van der Waals surface area contributed by atoms with Crippen LogP contribution in [-0.4, -0.2) is 17.5 Å². The highest BCUT2D eigenvalue weighted by molar-refractivity contribution is 14.0. The normalized spacial score (nSPS) is 10.9. The molecule has 0 radical (unpaired) electrons. The molecule has 154 valence electrons. The molecule has 0 aliphatic carbocycles. The fraction of sp³-hybridized carbons (Fsp3) is 0.238. The summed E-state index contributed by atoms with van der Waals surface area (Å²) in [6.45, 7) is 5.92. The third-order valence-electron chi connectivity index (χ3n) is 3.85. The van der Waals surface area contributed by atoms with Crippen LogP contribution in [0.1, 0.15) is 22.2 Å². The number of guanidine groups is 1. The highest BCUT2D eigenvalue weighted by Gasteiger charge is 2.07. The summed E-state index contributed by atoms with van der Waals surface area (Å²) in [5.41, 5.74) is 0.764. The van der Waals surface area contributed by atoms with Crippen LogP contribution in [0.15, 0.2) is 59.9 Å². The fourth-order valence-electron chi connectivity index (χ4n) is 2.52. The predicted molar refractivity (Wildman–Crippen MR) is 127 cm³/mol. The van der Waals surface area contributed by atoms with Crippen LogP contribution in [-0.2, 0) is 13.1 Å². The molecule has 8 heteroatoms. The zero-order chi connectivity index (χ0) is 19.8. The van der Waals surface area contributed by atoms with Crippen molar-refractivity contribution in [3.05, 3.63) is 76.0 Å². The van der Waals surface area contributed by atoms with Gasteiger partial charge in [-0.05, 0) is 55.8 Å². The van der Waals surface area contributed by atoms with Gasteiger partial charge in [-0.25, -0.2) is 9.38 Å². The summed E-state index contributed by atoms with van der Waals surface area (Å²) in [6.07, 6.45) is 3.18. The van der Waals surface area contributed by atoms with Gasteiger partial charge in [-0.3, -0.25) is 4.98 Å². The predicted octanol–water partition coefficient (Wildman–Crippen LogP) is 5.26. The first-order chi connectivity index (χ1) is 13.6. The number of benzene rings is 1. The first kappa shape index (κ1) is 23.1. The summed E-state index contributed by atoms with van der Waals surface area (Å²) in [4.78, 5) is 11.0. The van der Waals surface area contributed by atoms with E-state index in [1.807, 2.05) is 13.0 Å². The Kier molecular flexibility index (Phi) is 9.33. The maximum absolute atomic E-state index is 14.4. The quantitative estimate of drug-likeness (QED) is 0.251. The van der Waals surface area contributed by atoms with Crippen LogP contribution in [0, 0.1) is 12.7 Å². The van der Waals surface area contributed by atoms with Crippen molar-refractivity contribution in [2.24, 2.45) is 4.99 Å². The van der Waals surface area contributed by atoms with Crippen LogP contribution in [0.5, 0.6) is 11.5 Å². The van der Waals surface area contributed by atoms with Gasteiger partial charge in [-0.15, -0.1) is 35.3 Å². The number of aliphatic imine (C=N–C) groups is 1. The first-order valence-corrected chi connectivity index (χ1v) is 9.89. The standard InChI is InChI=1S/C21H23FN4OS.HI/c1-3-24-21(26-14-18-8-6-15(2)28-18)25-12-16-7-9-20(19(22)11-16)27-17-5-4-10-23-13-17;/h4-11,13H,3,12,14H2,1-2H3,(H2,24,25,26);1H. The molecule has 0 amide bonds. The van der Waals surface area contributed by atoms with E-state index in [0.717, 1.165) is 12.1 Å². The maximum Gasteiger partial charge on any atom is 0.191 e. The Labute approximate surface area is 191 Å². The lowest BCUT2D eigenvalue weighted by atomic mass is 10.2. The van der Waals surface area contributed by atoms with Gasteiger partial charge in [0.05, 0.1) is 19.3 Å². The molecular weight excluding hydrogens is 502 g/mol. The average Bonchev–Trinajstić information content (AvgIpc) is 3.12. The van der Waals surface area contributed by atoms with E-state index >= 15 is 0 Å². The minimum atomic E-state index is -0.427. The number of thiophene rings is 1. The summed E-state index contributed by atoms with van der Waals surface area (Å²) in [6, 6.07) is 12.5. The molecule has 0 aliphatic heterocycles. The fourth-order valence-corrected chi connectivity index (χ4v) is 3.35. The van der Waals surface area contributed by atoms with Crippen LogP contribution >= 0.6 is 35.3 Å². The number of aryl methyl sites for hydroxylation is 1. The summed E-state index contributed by atoms with van der Waals surface area (Å²) >= 11 is 1.75. The van der Waals surface area contributed by atoms with Gasteiger partial charge in [-0.1, -0.05) is 6.07 Å². The van der Waals surface area contributed by atoms with Gasteiger partial charge in [0.15, 0.2) is 17.5 Å². The van der Waals surface area contributed by atoms with Crippen molar-refractivity contribution in [2.75, 3.05) is 6.54 Å². The van der Waals surface area contributed by atoms with Crippen molar-refractivity contribution < 1.29 is 9.13 Å². The molecule has 1 aromatic carbocycles. The van der Waals surface area contributed by atoms with Gasteiger partial charge in [0.25, 0.3) is 0 Å². The lowest BCUT2D eigenvalue weighted by molar-refractivity contribution is 0.440. The van der Waals surface area contributed by atoms with E-state index in [1.54, 1.807) is 41.9 Å². The third kappa shape index (κ3) is 7.28. The first-order valence-electron chi connectivity index (χ1n) is 9.08. The second-order valence-electron chi connectivity index (χ2n) is 6.12. The molecule has 29 heavy (non-hydrogen) atoms. The SMILES string of the molecule is CCNC(=NCc1ccc(Oc2cccnc2)c(F)c1)NCc1ccc(C)s1.I. The second kappa shape index (κ2) is 11.7. The zero-order valence-electron chi connectivity index (χ0n) is 16.3. The minimum absolute atomic E-state index is 0. The Hall–Kier alpha value is -2.20. The number of nitrogens with one attached hydrogen (secondary N) is 2. The molecule has 0 fully saturated rings. The van der Waals surface area contributed by atoms with Gasteiger partial charge in [-0.2, -0.15) is 0 Å². The molecule has 0 atom stereocenters. The topological polar surface area (TPSA) is 58.5 Å². The van der Waals surface area contributed by atoms with Crippen molar-refractivity contribution in [3.8, 4) is 11.5 Å². The van der Waals surface area contributed by atoms with Crippen LogP contribution in [0.3, 0.4) is 0 Å². The summed E-state index contributed by atoms with van der Waals surface area (Å²) in [7, 11) is 0. The highest BCUT2D eigenvalue weighted by Crippen LogP contribution is 2.24. The van der Waals surface area contributed by atoms with Gasteiger partial charge in [0.2, 0.25) is 0 Å². The summed E-state index contributed by atoms with van der Waals surface area (Å²) < 4.78 is 19.9. The number of pyridine rings is 1. The van der Waals surface area contributed by atoms with Crippen LogP contribution in [0.2, 0.25) is 0 Å². The number of ether oxygens (including phenoxy) is 1. The summed E-state index contributed by atoms with van der Waals surface area (Å²) in [5, 5.41) is 6.51. The van der Waals surface area contributed by atoms with E-state index < -0.39 is 5.82 Å². The molecule has 2 heterocycles. The van der Waals surface area contributed by atoms with Gasteiger partial charge in [0, 0.05) is 22.5 Å². The van der Waals surface area contributed by atoms with Crippen molar-refractivity contribution >= 4 is 41.3 Å². The lowest BCUT2D eigenvalue weighted by Crippen LogP contribution is -2.36. The molecule has 3 aromatic rings. The Morgan fingerprint density at radius 2 is 2.07 bits per heavy atom. The summed E-state index contributed by atoms with van der Waals surface area (Å²) in [5.74, 6) is 0.932. The molecule has 0 saturated heterocycles. The Morgan fingerprint density at radius 1 is 1.21 bits per heavy atom. The maximum atomic E-state index is 14.4. The number of nitrogens with zero attached hydrogens (tertiary/aromatic N) is 2. The van der Waals surface area contributed by atoms with Gasteiger partial charge >= 0.3 is 0 Å². The minimum Gasteiger partial charge on any atom is -0.453 e. The van der Waals surface area contributed by atoms with Crippen molar-refractivity contribution in [1.29, 1.82) is 0 Å². The lowest BCUT2D eigenvalue weighted by Gasteiger charge is -2.11. The zero-order valence-corrected chi connectivity index (χ0v) is 19.5. The molecule has 0 spiro atoms. The number of aromatic nitrogens is 1. The molecular formula is C21H24FIN4OS. The molecule has 2 aromatic heterocycles. The Balaban J connectivity index is 0.00000300. The molecule has 0 saturated carbocycles. The number of rotatable bonds is 7. The number of hydrogen-bond acceptors (Lipinski definition) is 4. The highest BCUT2D eigenvalue weighted by atomic mass is 127. The second-order valence-corrected chi connectivity index (χ2v) is 7.49. The van der Waals surface area contributed by atoms with Crippen molar-refractivity contribution in [1.82, 2.24) is 15.6 Å². The average molecular weight is 526 g/mol. The monoisotopic (exact) mass is 526 g/mol. The Morgan fingerprint density at radius 3 is 2.72 bits per heavy atom. The van der Waals surface area contributed by atoms with Crippen LogP contribution in [0.4, 0.5) is 4.39 Å². The van der Waals surface area contributed by atoms with E-state index in [9.17, 15) is 4.39 Å². The van der Waals surface area contributed by atoms with Gasteiger partial charge < -0.3 is 15.4 Å². The third-order valence-corrected chi connectivity index (χ3v) is 4.85. The van der Waals surface area contributed by atoms with E-state index in [2.05, 4.69) is 39.7 Å². The van der Waals surface area contributed by atoms with Crippen LogP contribution in [0.25, 0.3) is 0 Å². The van der Waals surface area contributed by atoms with Crippen molar-refractivity contribution in [3.63, 3.8) is 0 Å². The van der Waals surface area contributed by atoms with Gasteiger partial charge in [0.1, 0.15) is 5.75 Å². The molecule has 3 rings (SSSR count). The number of hydrogen-bond donors (Lipinski definition) is 2. The molecule has 5 nitrogen and oxygen atoms in total. The van der Waals surface area contributed by atoms with E-state index in [-0.39, 0.29) is 29.7 Å². The molecule has 0 aliphatic rings. The van der Waals surface area contributed by atoms with E-state index in [4.69, 9.17) is 4.74 Å². The smallest absolute Gasteiger partial charge is 0.191 e. The number of halogens is 2. The molecule has 2 N–H and O–H groups in total. The van der Waals surface area contributed by atoms with Crippen molar-refractivity contribution in [2.45, 2.75) is 26.9 Å². The largest absolute Gasteiger partial charge is 0.453 e.